The van der Waals surface area contributed by atoms with E-state index in [1.165, 1.54) is 20.3 Å². The molecule has 0 atom stereocenters. The number of halogens is 1. The first-order valence-corrected chi connectivity index (χ1v) is 9.20. The van der Waals surface area contributed by atoms with E-state index in [4.69, 9.17) is 21.1 Å². The number of rotatable bonds is 6. The van der Waals surface area contributed by atoms with Crippen LogP contribution in [0.5, 0.6) is 11.5 Å². The van der Waals surface area contributed by atoms with E-state index in [1.54, 1.807) is 23.1 Å². The summed E-state index contributed by atoms with van der Waals surface area (Å²) in [6.45, 7) is 0.753. The Morgan fingerprint density at radius 2 is 1.86 bits per heavy atom. The summed E-state index contributed by atoms with van der Waals surface area (Å²) < 4.78 is 10.4. The zero-order valence-electron chi connectivity index (χ0n) is 15.7. The normalized spacial score (nSPS) is 13.8. The Hall–Kier alpha value is -2.99. The second-order valence-corrected chi connectivity index (χ2v) is 6.66. The summed E-state index contributed by atoms with van der Waals surface area (Å²) in [4.78, 5) is 25.9. The molecule has 2 aromatic carbocycles. The number of hydrogen-bond donors (Lipinski definition) is 1. The van der Waals surface area contributed by atoms with Crippen molar-refractivity contribution in [3.63, 3.8) is 0 Å². The third-order valence-corrected chi connectivity index (χ3v) is 4.73. The fraction of sp³-hybridized carbons (Fsp3) is 0.238. The lowest BCUT2D eigenvalue weighted by Crippen LogP contribution is -2.23. The molecule has 1 aliphatic rings. The molecule has 146 valence electrons. The molecule has 0 radical (unpaired) electrons. The summed E-state index contributed by atoms with van der Waals surface area (Å²) in [5, 5.41) is 3.15. The second-order valence-electron chi connectivity index (χ2n) is 6.25. The number of anilines is 2. The highest BCUT2D eigenvalue weighted by Crippen LogP contribution is 2.35. The van der Waals surface area contributed by atoms with Crippen LogP contribution in [0.3, 0.4) is 0 Å². The number of carbonyl (C=O) groups is 2. The minimum Gasteiger partial charge on any atom is -0.495 e. The van der Waals surface area contributed by atoms with E-state index in [2.05, 4.69) is 5.32 Å². The highest BCUT2D eigenvalue weighted by molar-refractivity contribution is 6.32. The van der Waals surface area contributed by atoms with Crippen LogP contribution in [-0.4, -0.2) is 32.6 Å². The van der Waals surface area contributed by atoms with Crippen molar-refractivity contribution in [3.05, 3.63) is 53.1 Å². The maximum Gasteiger partial charge on any atom is 0.248 e. The van der Waals surface area contributed by atoms with Crippen molar-refractivity contribution in [1.29, 1.82) is 0 Å². The second kappa shape index (κ2) is 8.80. The summed E-state index contributed by atoms with van der Waals surface area (Å²) in [5.41, 5.74) is 2.19. The summed E-state index contributed by atoms with van der Waals surface area (Å²) in [6, 6.07) is 10.7. The van der Waals surface area contributed by atoms with E-state index < -0.39 is 0 Å². The molecule has 1 aliphatic heterocycles. The van der Waals surface area contributed by atoms with Crippen molar-refractivity contribution in [2.24, 2.45) is 0 Å². The smallest absolute Gasteiger partial charge is 0.248 e. The first-order chi connectivity index (χ1) is 13.5. The van der Waals surface area contributed by atoms with Crippen molar-refractivity contribution >= 4 is 40.9 Å². The molecule has 1 N–H and O–H groups in total. The molecule has 3 rings (SSSR count). The topological polar surface area (TPSA) is 67.9 Å². The van der Waals surface area contributed by atoms with Gasteiger partial charge in [-0.15, -0.1) is 0 Å². The maximum absolute atomic E-state index is 12.3. The lowest BCUT2D eigenvalue weighted by molar-refractivity contribution is -0.117. The van der Waals surface area contributed by atoms with Gasteiger partial charge in [0.15, 0.2) is 0 Å². The molecule has 1 saturated heterocycles. The predicted molar refractivity (Wildman–Crippen MR) is 110 cm³/mol. The number of methoxy groups -OCH3 is 2. The van der Waals surface area contributed by atoms with Crippen LogP contribution in [0, 0.1) is 0 Å². The van der Waals surface area contributed by atoms with Crippen LogP contribution in [0.4, 0.5) is 11.4 Å². The zero-order valence-corrected chi connectivity index (χ0v) is 16.5. The van der Waals surface area contributed by atoms with Gasteiger partial charge in [-0.2, -0.15) is 0 Å². The summed E-state index contributed by atoms with van der Waals surface area (Å²) in [5.74, 6) is 0.706. The number of nitrogens with zero attached hydrogens (tertiary/aromatic N) is 1. The Labute approximate surface area is 168 Å². The monoisotopic (exact) mass is 400 g/mol. The highest BCUT2D eigenvalue weighted by Gasteiger charge is 2.21. The molecule has 7 heteroatoms. The largest absolute Gasteiger partial charge is 0.495 e. The number of ether oxygens (including phenoxy) is 2. The third-order valence-electron chi connectivity index (χ3n) is 4.44. The number of hydrogen-bond acceptors (Lipinski definition) is 4. The van der Waals surface area contributed by atoms with Crippen molar-refractivity contribution in [1.82, 2.24) is 0 Å². The fourth-order valence-electron chi connectivity index (χ4n) is 2.99. The van der Waals surface area contributed by atoms with Gasteiger partial charge in [0.1, 0.15) is 11.5 Å². The van der Waals surface area contributed by atoms with Gasteiger partial charge in [0.05, 0.1) is 24.9 Å². The van der Waals surface area contributed by atoms with Gasteiger partial charge in [-0.1, -0.05) is 23.7 Å². The van der Waals surface area contributed by atoms with Crippen LogP contribution < -0.4 is 19.7 Å². The molecule has 0 aromatic heterocycles. The van der Waals surface area contributed by atoms with Gasteiger partial charge in [0, 0.05) is 36.9 Å². The standard InChI is InChI=1S/C21H21ClN2O4/c1-27-18-13-17(19(28-2)12-16(18)22)23-20(25)10-7-14-5-8-15(9-6-14)24-11-3-4-21(24)26/h5-10,12-13H,3-4,11H2,1-2H3,(H,23,25)/b10-7+. The molecule has 6 nitrogen and oxygen atoms in total. The predicted octanol–water partition coefficient (Wildman–Crippen LogP) is 4.14. The van der Waals surface area contributed by atoms with Crippen LogP contribution in [0.2, 0.25) is 5.02 Å². The Morgan fingerprint density at radius 1 is 1.14 bits per heavy atom. The number of nitrogens with one attached hydrogen (secondary N) is 1. The van der Waals surface area contributed by atoms with Gasteiger partial charge in [0.2, 0.25) is 11.8 Å². The van der Waals surface area contributed by atoms with Gasteiger partial charge in [0.25, 0.3) is 0 Å². The summed E-state index contributed by atoms with van der Waals surface area (Å²) in [7, 11) is 2.99. The van der Waals surface area contributed by atoms with Gasteiger partial charge in [-0.05, 0) is 30.2 Å². The molecule has 0 bridgehead atoms. The van der Waals surface area contributed by atoms with Gasteiger partial charge in [-0.25, -0.2) is 0 Å². The van der Waals surface area contributed by atoms with Crippen molar-refractivity contribution in [2.75, 3.05) is 31.0 Å². The van der Waals surface area contributed by atoms with Gasteiger partial charge >= 0.3 is 0 Å². The average molecular weight is 401 g/mol. The van der Waals surface area contributed by atoms with Crippen LogP contribution in [-0.2, 0) is 9.59 Å². The lowest BCUT2D eigenvalue weighted by atomic mass is 10.2. The minimum atomic E-state index is -0.318. The molecule has 1 fully saturated rings. The molecule has 0 unspecified atom stereocenters. The SMILES string of the molecule is COc1cc(NC(=O)/C=C/c2ccc(N3CCCC3=O)cc2)c(OC)cc1Cl. The average Bonchev–Trinajstić information content (AvgIpc) is 3.13. The van der Waals surface area contributed by atoms with Gasteiger partial charge in [-0.3, -0.25) is 9.59 Å². The number of carbonyl (C=O) groups excluding carboxylic acids is 2. The molecular formula is C21H21ClN2O4. The third kappa shape index (κ3) is 4.46. The van der Waals surface area contributed by atoms with E-state index in [1.807, 2.05) is 24.3 Å². The Balaban J connectivity index is 1.68. The van der Waals surface area contributed by atoms with Crippen molar-refractivity contribution in [2.45, 2.75) is 12.8 Å². The van der Waals surface area contributed by atoms with Crippen LogP contribution in [0.15, 0.2) is 42.5 Å². The lowest BCUT2D eigenvalue weighted by Gasteiger charge is -2.15. The molecule has 0 spiro atoms. The molecule has 28 heavy (non-hydrogen) atoms. The molecular weight excluding hydrogens is 380 g/mol. The Bertz CT molecular complexity index is 909. The fourth-order valence-corrected chi connectivity index (χ4v) is 3.22. The Morgan fingerprint density at radius 3 is 2.46 bits per heavy atom. The zero-order chi connectivity index (χ0) is 20.1. The van der Waals surface area contributed by atoms with E-state index in [-0.39, 0.29) is 11.8 Å². The number of benzene rings is 2. The number of amides is 2. The van der Waals surface area contributed by atoms with Crippen LogP contribution >= 0.6 is 11.6 Å². The van der Waals surface area contributed by atoms with E-state index >= 15 is 0 Å². The van der Waals surface area contributed by atoms with Gasteiger partial charge < -0.3 is 19.7 Å². The van der Waals surface area contributed by atoms with Crippen molar-refractivity contribution < 1.29 is 19.1 Å². The van der Waals surface area contributed by atoms with E-state index in [0.717, 1.165) is 24.2 Å². The minimum absolute atomic E-state index is 0.148. The van der Waals surface area contributed by atoms with E-state index in [0.29, 0.717) is 28.6 Å². The quantitative estimate of drug-likeness (QED) is 0.740. The Kier molecular flexibility index (Phi) is 6.21. The molecule has 2 amide bonds. The highest BCUT2D eigenvalue weighted by atomic mass is 35.5. The first-order valence-electron chi connectivity index (χ1n) is 8.83. The van der Waals surface area contributed by atoms with Crippen LogP contribution in [0.25, 0.3) is 6.08 Å². The van der Waals surface area contributed by atoms with E-state index in [9.17, 15) is 9.59 Å². The summed E-state index contributed by atoms with van der Waals surface area (Å²) in [6.07, 6.45) is 4.61. The molecule has 0 aliphatic carbocycles. The van der Waals surface area contributed by atoms with Crippen molar-refractivity contribution in [3.8, 4) is 11.5 Å². The molecule has 0 saturated carbocycles. The molecule has 2 aromatic rings. The first kappa shape index (κ1) is 19.8. The van der Waals surface area contributed by atoms with Crippen LogP contribution in [0.1, 0.15) is 18.4 Å². The summed E-state index contributed by atoms with van der Waals surface area (Å²) >= 11 is 6.07. The maximum atomic E-state index is 12.3. The molecule has 1 heterocycles.